The Hall–Kier alpha value is -0.860. The van der Waals surface area contributed by atoms with E-state index in [9.17, 15) is 4.48 Å². The van der Waals surface area contributed by atoms with Crippen molar-refractivity contribution < 1.29 is 4.48 Å². The molecule has 0 aliphatic rings. The van der Waals surface area contributed by atoms with E-state index in [-0.39, 0.29) is 0 Å². The van der Waals surface area contributed by atoms with Crippen LogP contribution >= 0.6 is 0 Å². The van der Waals surface area contributed by atoms with Gasteiger partial charge in [-0.15, -0.1) is 5.65 Å². The van der Waals surface area contributed by atoms with E-state index in [1.165, 1.54) is 6.21 Å². The van der Waals surface area contributed by atoms with Crippen LogP contribution in [0.4, 0.5) is 4.48 Å². The minimum atomic E-state index is 0.926. The van der Waals surface area contributed by atoms with Gasteiger partial charge in [-0.1, -0.05) is 10.6 Å². The van der Waals surface area contributed by atoms with Crippen molar-refractivity contribution in [3.05, 3.63) is 11.6 Å². The monoisotopic (exact) mass is 116 g/mol. The first kappa shape index (κ1) is 7.14. The van der Waals surface area contributed by atoms with Crippen LogP contribution < -0.4 is 5.65 Å². The van der Waals surface area contributed by atoms with Gasteiger partial charge in [0.15, 0.2) is 0 Å². The van der Waals surface area contributed by atoms with E-state index in [0.717, 1.165) is 11.2 Å². The lowest BCUT2D eigenvalue weighted by molar-refractivity contribution is 0.348. The van der Waals surface area contributed by atoms with Gasteiger partial charge in [-0.25, -0.2) is 0 Å². The molecule has 0 aliphatic heterocycles. The second-order valence-corrected chi connectivity index (χ2v) is 1.38. The van der Waals surface area contributed by atoms with Crippen LogP contribution in [0.3, 0.4) is 0 Å². The van der Waals surface area contributed by atoms with Gasteiger partial charge in [-0.05, 0) is 19.4 Å². The first-order valence-corrected chi connectivity index (χ1v) is 2.33. The third-order valence-corrected chi connectivity index (χ3v) is 0.772. The van der Waals surface area contributed by atoms with E-state index in [0.29, 0.717) is 0 Å². The van der Waals surface area contributed by atoms with Gasteiger partial charge in [0.05, 0.1) is 6.21 Å². The van der Waals surface area contributed by atoms with Crippen molar-refractivity contribution in [2.75, 3.05) is 0 Å². The molecule has 1 N–H and O–H groups in total. The van der Waals surface area contributed by atoms with Crippen molar-refractivity contribution in [2.45, 2.75) is 13.8 Å². The predicted molar refractivity (Wildman–Crippen MR) is 32.2 cm³/mol. The molecule has 0 saturated carbocycles. The van der Waals surface area contributed by atoms with Gasteiger partial charge in [-0.2, -0.15) is 5.10 Å². The molecule has 0 aromatic rings. The molecular formula is C5H9FN2. The Morgan fingerprint density at radius 2 is 2.38 bits per heavy atom. The van der Waals surface area contributed by atoms with Gasteiger partial charge < -0.3 is 0 Å². The lowest BCUT2D eigenvalue weighted by atomic mass is 10.3. The number of hydrogen-bond acceptors (Lipinski definition) is 2. The summed E-state index contributed by atoms with van der Waals surface area (Å²) in [6.45, 7) is 3.69. The molecule has 0 radical (unpaired) electrons. The lowest BCUT2D eigenvalue weighted by Gasteiger charge is -1.83. The van der Waals surface area contributed by atoms with Crippen molar-refractivity contribution in [1.29, 1.82) is 0 Å². The zero-order valence-corrected chi connectivity index (χ0v) is 4.98. The molecule has 2 nitrogen and oxygen atoms in total. The molecule has 0 bridgehead atoms. The average molecular weight is 116 g/mol. The number of allylic oxidation sites excluding steroid dienone is 2. The van der Waals surface area contributed by atoms with Crippen molar-refractivity contribution in [2.24, 2.45) is 5.10 Å². The molecule has 0 atom stereocenters. The zero-order chi connectivity index (χ0) is 6.41. The fourth-order valence-electron chi connectivity index (χ4n) is 0.201. The smallest absolute Gasteiger partial charge is 0.0521 e. The summed E-state index contributed by atoms with van der Waals surface area (Å²) in [6, 6.07) is 0. The Balaban J connectivity index is 3.53. The quantitative estimate of drug-likeness (QED) is 0.329. The Labute approximate surface area is 48.0 Å². The topological polar surface area (TPSA) is 24.4 Å². The molecule has 0 spiro atoms. The molecule has 0 aromatic heterocycles. The molecule has 0 amide bonds. The number of hydrazone groups is 1. The van der Waals surface area contributed by atoms with Crippen molar-refractivity contribution in [1.82, 2.24) is 5.65 Å². The van der Waals surface area contributed by atoms with E-state index < -0.39 is 0 Å². The Morgan fingerprint density at radius 3 is 2.75 bits per heavy atom. The molecule has 0 saturated heterocycles. The van der Waals surface area contributed by atoms with E-state index >= 15 is 0 Å². The number of nitrogens with zero attached hydrogens (tertiary/aromatic N) is 1. The number of hydrogen-bond donors (Lipinski definition) is 1. The van der Waals surface area contributed by atoms with Crippen LogP contribution in [0.25, 0.3) is 0 Å². The Bertz CT molecular complexity index is 107. The van der Waals surface area contributed by atoms with Crippen LogP contribution in [-0.4, -0.2) is 6.21 Å². The van der Waals surface area contributed by atoms with Crippen LogP contribution in [0.15, 0.2) is 16.8 Å². The van der Waals surface area contributed by atoms with Crippen LogP contribution in [0, 0.1) is 0 Å². The van der Waals surface area contributed by atoms with Gasteiger partial charge in [0, 0.05) is 0 Å². The van der Waals surface area contributed by atoms with Gasteiger partial charge in [0.2, 0.25) is 0 Å². The molecule has 0 aromatic carbocycles. The zero-order valence-electron chi connectivity index (χ0n) is 4.98. The van der Waals surface area contributed by atoms with E-state index in [2.05, 4.69) is 5.10 Å². The fourth-order valence-corrected chi connectivity index (χ4v) is 0.201. The summed E-state index contributed by atoms with van der Waals surface area (Å²) in [4.78, 5) is 0. The van der Waals surface area contributed by atoms with Crippen LogP contribution in [0.1, 0.15) is 13.8 Å². The van der Waals surface area contributed by atoms with Crippen molar-refractivity contribution in [3.8, 4) is 0 Å². The number of rotatable bonds is 2. The van der Waals surface area contributed by atoms with Crippen molar-refractivity contribution in [3.63, 3.8) is 0 Å². The maximum atomic E-state index is 11.0. The molecule has 46 valence electrons. The molecule has 0 heterocycles. The molecule has 3 heteroatoms. The summed E-state index contributed by atoms with van der Waals surface area (Å²) in [5.41, 5.74) is 2.09. The molecule has 0 aliphatic carbocycles. The second-order valence-electron chi connectivity index (χ2n) is 1.38. The molecule has 8 heavy (non-hydrogen) atoms. The highest BCUT2D eigenvalue weighted by Gasteiger charge is 1.74. The second kappa shape index (κ2) is 4.30. The third-order valence-electron chi connectivity index (χ3n) is 0.772. The normalized spacial score (nSPS) is 12.6. The highest BCUT2D eigenvalue weighted by molar-refractivity contribution is 5.77. The van der Waals surface area contributed by atoms with E-state index in [4.69, 9.17) is 0 Å². The molecular weight excluding hydrogens is 107 g/mol. The summed E-state index contributed by atoms with van der Waals surface area (Å²) < 4.78 is 11.0. The largest absolute Gasteiger partial charge is 0.158 e. The number of nitrogens with one attached hydrogen (secondary N) is 1. The van der Waals surface area contributed by atoms with Crippen LogP contribution in [-0.2, 0) is 0 Å². The minimum Gasteiger partial charge on any atom is -0.158 e. The SMILES string of the molecule is C/C=C(C)\C=N/NF. The van der Waals surface area contributed by atoms with E-state index in [1.807, 2.05) is 19.9 Å². The maximum absolute atomic E-state index is 11.0. The van der Waals surface area contributed by atoms with Crippen LogP contribution in [0.2, 0.25) is 0 Å². The molecule has 0 fully saturated rings. The van der Waals surface area contributed by atoms with Gasteiger partial charge in [-0.3, -0.25) is 0 Å². The summed E-state index contributed by atoms with van der Waals surface area (Å²) >= 11 is 0. The van der Waals surface area contributed by atoms with Gasteiger partial charge in [0.25, 0.3) is 0 Å². The Morgan fingerprint density at radius 1 is 1.75 bits per heavy atom. The van der Waals surface area contributed by atoms with Crippen LogP contribution in [0.5, 0.6) is 0 Å². The average Bonchev–Trinajstić information content (AvgIpc) is 1.83. The summed E-state index contributed by atoms with van der Waals surface area (Å²) in [6.07, 6.45) is 3.24. The standard InChI is InChI=1S/C5H9FN2/c1-3-5(2)4-7-8-6/h3-4,8H,1-2H3/b5-3-,7-4-. The minimum absolute atomic E-state index is 0.926. The predicted octanol–water partition coefficient (Wildman–Crippen LogP) is 1.41. The first-order chi connectivity index (χ1) is 3.81. The first-order valence-electron chi connectivity index (χ1n) is 2.33. The lowest BCUT2D eigenvalue weighted by Crippen LogP contribution is -1.87. The maximum Gasteiger partial charge on any atom is 0.0521 e. The number of halogens is 1. The Kier molecular flexibility index (Phi) is 3.84. The highest BCUT2D eigenvalue weighted by atomic mass is 19.2. The third kappa shape index (κ3) is 3.33. The van der Waals surface area contributed by atoms with Gasteiger partial charge >= 0.3 is 0 Å². The fraction of sp³-hybridized carbons (Fsp3) is 0.400. The summed E-state index contributed by atoms with van der Waals surface area (Å²) in [5, 5.41) is 3.13. The van der Waals surface area contributed by atoms with Crippen molar-refractivity contribution >= 4 is 6.21 Å². The van der Waals surface area contributed by atoms with E-state index in [1.54, 1.807) is 0 Å². The summed E-state index contributed by atoms with van der Waals surface area (Å²) in [5.74, 6) is 0. The molecule has 0 unspecified atom stereocenters. The highest BCUT2D eigenvalue weighted by Crippen LogP contribution is 1.83. The molecule has 0 rings (SSSR count). The summed E-state index contributed by atoms with van der Waals surface area (Å²) in [7, 11) is 0. The van der Waals surface area contributed by atoms with Gasteiger partial charge in [0.1, 0.15) is 0 Å².